The monoisotopic (exact) mass is 387 g/mol. The van der Waals surface area contributed by atoms with Crippen molar-refractivity contribution in [2.24, 2.45) is 0 Å². The summed E-state index contributed by atoms with van der Waals surface area (Å²) in [7, 11) is 0. The molecule has 0 heterocycles. The fraction of sp³-hybridized carbons (Fsp3) is 0.100. The van der Waals surface area contributed by atoms with E-state index in [1.165, 1.54) is 19.1 Å². The van der Waals surface area contributed by atoms with Crippen LogP contribution in [-0.2, 0) is 9.53 Å². The van der Waals surface area contributed by atoms with Gasteiger partial charge in [0, 0.05) is 11.1 Å². The minimum Gasteiger partial charge on any atom is -0.449 e. The molecule has 0 fully saturated rings. The van der Waals surface area contributed by atoms with Crippen LogP contribution >= 0.6 is 23.2 Å². The number of amides is 1. The average Bonchev–Trinajstić information content (AvgIpc) is 2.61. The maximum Gasteiger partial charge on any atom is 0.341 e. The Kier molecular flexibility index (Phi) is 5.45. The first kappa shape index (κ1) is 18.2. The predicted octanol–water partition coefficient (Wildman–Crippen LogP) is 5.33. The van der Waals surface area contributed by atoms with Crippen molar-refractivity contribution in [1.29, 1.82) is 0 Å². The first-order chi connectivity index (χ1) is 12.5. The van der Waals surface area contributed by atoms with E-state index in [1.54, 1.807) is 12.1 Å². The number of hydrogen-bond acceptors (Lipinski definition) is 3. The third kappa shape index (κ3) is 3.82. The molecule has 6 heteroatoms. The smallest absolute Gasteiger partial charge is 0.341 e. The number of rotatable bonds is 4. The van der Waals surface area contributed by atoms with Crippen LogP contribution in [0.4, 0.5) is 5.69 Å². The molecular formula is C20H15Cl2NO3. The Labute approximate surface area is 160 Å². The Balaban J connectivity index is 1.75. The zero-order valence-electron chi connectivity index (χ0n) is 13.8. The van der Waals surface area contributed by atoms with Crippen LogP contribution in [0.5, 0.6) is 0 Å². The first-order valence-corrected chi connectivity index (χ1v) is 8.66. The molecule has 0 aromatic heterocycles. The number of benzene rings is 3. The van der Waals surface area contributed by atoms with Crippen molar-refractivity contribution in [3.05, 3.63) is 76.3 Å². The molecule has 0 aliphatic heterocycles. The van der Waals surface area contributed by atoms with Crippen molar-refractivity contribution in [3.63, 3.8) is 0 Å². The molecule has 0 radical (unpaired) electrons. The molecule has 0 saturated carbocycles. The number of fused-ring (bicyclic) bond motifs is 1. The zero-order valence-corrected chi connectivity index (χ0v) is 15.3. The van der Waals surface area contributed by atoms with E-state index < -0.39 is 18.0 Å². The van der Waals surface area contributed by atoms with Crippen molar-refractivity contribution in [1.82, 2.24) is 0 Å². The molecule has 0 unspecified atom stereocenters. The topological polar surface area (TPSA) is 55.4 Å². The van der Waals surface area contributed by atoms with Gasteiger partial charge in [-0.1, -0.05) is 65.7 Å². The number of halogens is 2. The minimum absolute atomic E-state index is 0.0423. The van der Waals surface area contributed by atoms with Crippen molar-refractivity contribution in [2.45, 2.75) is 13.0 Å². The van der Waals surface area contributed by atoms with Crippen LogP contribution in [0.3, 0.4) is 0 Å². The van der Waals surface area contributed by atoms with Crippen LogP contribution in [0.25, 0.3) is 10.8 Å². The Morgan fingerprint density at radius 3 is 2.27 bits per heavy atom. The number of anilines is 1. The number of ether oxygens (including phenoxy) is 1. The lowest BCUT2D eigenvalue weighted by atomic mass is 10.1. The molecule has 26 heavy (non-hydrogen) atoms. The third-order valence-corrected chi connectivity index (χ3v) is 4.50. The van der Waals surface area contributed by atoms with Crippen LogP contribution in [-0.4, -0.2) is 18.0 Å². The van der Waals surface area contributed by atoms with Gasteiger partial charge in [-0.25, -0.2) is 4.79 Å². The second-order valence-electron chi connectivity index (χ2n) is 5.66. The second kappa shape index (κ2) is 7.77. The molecule has 0 saturated heterocycles. The van der Waals surface area contributed by atoms with E-state index in [0.29, 0.717) is 5.69 Å². The summed E-state index contributed by atoms with van der Waals surface area (Å²) < 4.78 is 5.22. The van der Waals surface area contributed by atoms with Crippen molar-refractivity contribution in [3.8, 4) is 0 Å². The molecule has 0 bridgehead atoms. The summed E-state index contributed by atoms with van der Waals surface area (Å²) in [6, 6.07) is 17.9. The fourth-order valence-electron chi connectivity index (χ4n) is 2.53. The molecule has 3 rings (SSSR count). The largest absolute Gasteiger partial charge is 0.449 e. The Hall–Kier alpha value is -2.56. The van der Waals surface area contributed by atoms with E-state index in [2.05, 4.69) is 5.32 Å². The normalized spacial score (nSPS) is 11.8. The van der Waals surface area contributed by atoms with Crippen LogP contribution in [0.15, 0.2) is 60.7 Å². The highest BCUT2D eigenvalue weighted by atomic mass is 35.5. The highest BCUT2D eigenvalue weighted by Crippen LogP contribution is 2.26. The van der Waals surface area contributed by atoms with Gasteiger partial charge in [0.2, 0.25) is 0 Å². The molecule has 3 aromatic rings. The summed E-state index contributed by atoms with van der Waals surface area (Å²) in [6.45, 7) is 1.49. The fourth-order valence-corrected chi connectivity index (χ4v) is 3.09. The molecule has 1 N–H and O–H groups in total. The Morgan fingerprint density at radius 1 is 0.923 bits per heavy atom. The van der Waals surface area contributed by atoms with Crippen LogP contribution in [0.1, 0.15) is 17.3 Å². The van der Waals surface area contributed by atoms with Crippen molar-refractivity contribution in [2.75, 3.05) is 5.32 Å². The molecule has 3 aromatic carbocycles. The van der Waals surface area contributed by atoms with Crippen LogP contribution in [0, 0.1) is 0 Å². The van der Waals surface area contributed by atoms with Crippen LogP contribution in [0.2, 0.25) is 10.0 Å². The van der Waals surface area contributed by atoms with Gasteiger partial charge < -0.3 is 10.1 Å². The minimum atomic E-state index is -1.02. The van der Waals surface area contributed by atoms with Gasteiger partial charge in [-0.15, -0.1) is 0 Å². The van der Waals surface area contributed by atoms with Gasteiger partial charge in [0.1, 0.15) is 0 Å². The predicted molar refractivity (Wildman–Crippen MR) is 104 cm³/mol. The summed E-state index contributed by atoms with van der Waals surface area (Å²) in [4.78, 5) is 24.7. The van der Waals surface area contributed by atoms with Crippen LogP contribution < -0.4 is 5.32 Å². The van der Waals surface area contributed by atoms with Gasteiger partial charge in [-0.2, -0.15) is 0 Å². The summed E-state index contributed by atoms with van der Waals surface area (Å²) in [6.07, 6.45) is -1.02. The number of nitrogens with one attached hydrogen (secondary N) is 1. The van der Waals surface area contributed by atoms with Gasteiger partial charge in [-0.3, -0.25) is 4.79 Å². The highest BCUT2D eigenvalue weighted by Gasteiger charge is 2.23. The number of esters is 1. The molecule has 0 aliphatic carbocycles. The second-order valence-corrected chi connectivity index (χ2v) is 6.47. The van der Waals surface area contributed by atoms with Gasteiger partial charge in [0.25, 0.3) is 5.91 Å². The van der Waals surface area contributed by atoms with E-state index >= 15 is 0 Å². The molecule has 4 nitrogen and oxygen atoms in total. The summed E-state index contributed by atoms with van der Waals surface area (Å²) in [5.41, 5.74) is 0.687. The van der Waals surface area contributed by atoms with Gasteiger partial charge >= 0.3 is 5.97 Å². The SMILES string of the molecule is C[C@H](OC(=O)c1c(Cl)cccc1Cl)C(=O)Nc1cccc2ccccc12. The quantitative estimate of drug-likeness (QED) is 0.615. The number of carbonyl (C=O) groups excluding carboxylic acids is 2. The molecule has 0 aliphatic rings. The van der Waals surface area contributed by atoms with Gasteiger partial charge in [0.05, 0.1) is 15.6 Å². The van der Waals surface area contributed by atoms with E-state index in [1.807, 2.05) is 36.4 Å². The van der Waals surface area contributed by atoms with Crippen molar-refractivity contribution >= 4 is 51.5 Å². The van der Waals surface area contributed by atoms with E-state index in [-0.39, 0.29) is 15.6 Å². The van der Waals surface area contributed by atoms with Gasteiger partial charge in [0.15, 0.2) is 6.10 Å². The lowest BCUT2D eigenvalue weighted by molar-refractivity contribution is -0.123. The molecule has 132 valence electrons. The maximum atomic E-state index is 12.4. The van der Waals surface area contributed by atoms with E-state index in [4.69, 9.17) is 27.9 Å². The highest BCUT2D eigenvalue weighted by molar-refractivity contribution is 6.39. The molecule has 1 atom stereocenters. The standard InChI is InChI=1S/C20H15Cl2NO3/c1-12(26-20(25)18-15(21)9-5-10-16(18)22)19(24)23-17-11-4-7-13-6-2-3-8-14(13)17/h2-12H,1H3,(H,23,24)/t12-/m0/s1. The molecule has 1 amide bonds. The molecular weight excluding hydrogens is 373 g/mol. The lowest BCUT2D eigenvalue weighted by Gasteiger charge is -2.15. The maximum absolute atomic E-state index is 12.4. The Bertz CT molecular complexity index is 962. The number of carbonyl (C=O) groups is 2. The summed E-state index contributed by atoms with van der Waals surface area (Å²) in [5.74, 6) is -1.20. The number of hydrogen-bond donors (Lipinski definition) is 1. The summed E-state index contributed by atoms with van der Waals surface area (Å²) in [5, 5.41) is 5.03. The van der Waals surface area contributed by atoms with E-state index in [0.717, 1.165) is 10.8 Å². The Morgan fingerprint density at radius 2 is 1.54 bits per heavy atom. The lowest BCUT2D eigenvalue weighted by Crippen LogP contribution is -2.30. The average molecular weight is 388 g/mol. The zero-order chi connectivity index (χ0) is 18.7. The third-order valence-electron chi connectivity index (χ3n) is 3.87. The molecule has 0 spiro atoms. The summed E-state index contributed by atoms with van der Waals surface area (Å²) >= 11 is 12.0. The first-order valence-electron chi connectivity index (χ1n) is 7.91. The van der Waals surface area contributed by atoms with Gasteiger partial charge in [-0.05, 0) is 30.5 Å². The van der Waals surface area contributed by atoms with Crippen molar-refractivity contribution < 1.29 is 14.3 Å². The van der Waals surface area contributed by atoms with E-state index in [9.17, 15) is 9.59 Å².